The van der Waals surface area contributed by atoms with Crippen LogP contribution in [0.15, 0.2) is 66.7 Å². The van der Waals surface area contributed by atoms with Crippen LogP contribution in [0.2, 0.25) is 0 Å². The van der Waals surface area contributed by atoms with Gasteiger partial charge in [0.1, 0.15) is 0 Å². The fraction of sp³-hybridized carbons (Fsp3) is 0.150. The molecule has 1 aliphatic rings. The van der Waals surface area contributed by atoms with E-state index in [9.17, 15) is 13.2 Å². The van der Waals surface area contributed by atoms with E-state index < -0.39 is 10.0 Å². The molecule has 0 unspecified atom stereocenters. The van der Waals surface area contributed by atoms with Crippen molar-refractivity contribution >= 4 is 38.1 Å². The van der Waals surface area contributed by atoms with Gasteiger partial charge in [-0.05, 0) is 36.1 Å². The fourth-order valence-corrected chi connectivity index (χ4v) is 4.82. The Hall–Kier alpha value is -2.86. The first-order valence-electron chi connectivity index (χ1n) is 8.44. The van der Waals surface area contributed by atoms with Gasteiger partial charge >= 0.3 is 0 Å². The van der Waals surface area contributed by atoms with Gasteiger partial charge in [-0.1, -0.05) is 42.5 Å². The maximum absolute atomic E-state index is 12.7. The number of rotatable bonds is 3. The second kappa shape index (κ2) is 6.46. The summed E-state index contributed by atoms with van der Waals surface area (Å²) in [7, 11) is -3.27. The van der Waals surface area contributed by atoms with Gasteiger partial charge in [-0.3, -0.25) is 9.10 Å². The van der Waals surface area contributed by atoms with Crippen molar-refractivity contribution in [3.05, 3.63) is 72.3 Å². The summed E-state index contributed by atoms with van der Waals surface area (Å²) < 4.78 is 25.6. The molecule has 1 amide bonds. The molecule has 3 aromatic rings. The zero-order valence-corrected chi connectivity index (χ0v) is 14.9. The molecule has 132 valence electrons. The standard InChI is InChI=1S/C20H18N2O3S/c23-20(21-19-11-4-7-15-6-1-2-10-18(15)19)16-8-3-9-17(14-16)22-12-5-13-26(22,24)25/h1-4,6-11,14H,5,12-13H2,(H,21,23). The van der Waals surface area contributed by atoms with Crippen molar-refractivity contribution in [2.75, 3.05) is 21.9 Å². The first kappa shape index (κ1) is 16.6. The molecule has 3 aromatic carbocycles. The highest BCUT2D eigenvalue weighted by Crippen LogP contribution is 2.26. The zero-order chi connectivity index (χ0) is 18.1. The molecular formula is C20H18N2O3S. The number of hydrogen-bond acceptors (Lipinski definition) is 3. The second-order valence-corrected chi connectivity index (χ2v) is 8.29. The van der Waals surface area contributed by atoms with E-state index in [1.54, 1.807) is 24.3 Å². The van der Waals surface area contributed by atoms with Gasteiger partial charge in [0.2, 0.25) is 10.0 Å². The van der Waals surface area contributed by atoms with Crippen LogP contribution in [0.25, 0.3) is 10.8 Å². The Morgan fingerprint density at radius 2 is 1.73 bits per heavy atom. The molecule has 26 heavy (non-hydrogen) atoms. The first-order valence-corrected chi connectivity index (χ1v) is 10.1. The van der Waals surface area contributed by atoms with E-state index in [2.05, 4.69) is 5.32 Å². The van der Waals surface area contributed by atoms with Crippen molar-refractivity contribution in [2.45, 2.75) is 6.42 Å². The molecule has 0 bridgehead atoms. The van der Waals surface area contributed by atoms with Crippen molar-refractivity contribution in [1.29, 1.82) is 0 Å². The largest absolute Gasteiger partial charge is 0.321 e. The topological polar surface area (TPSA) is 66.5 Å². The third kappa shape index (κ3) is 3.04. The number of nitrogens with one attached hydrogen (secondary N) is 1. The molecule has 1 saturated heterocycles. The minimum Gasteiger partial charge on any atom is -0.321 e. The van der Waals surface area contributed by atoms with Crippen LogP contribution in [0.1, 0.15) is 16.8 Å². The minimum atomic E-state index is -3.27. The van der Waals surface area contributed by atoms with Crippen molar-refractivity contribution in [3.8, 4) is 0 Å². The maximum Gasteiger partial charge on any atom is 0.255 e. The van der Waals surface area contributed by atoms with Crippen LogP contribution < -0.4 is 9.62 Å². The van der Waals surface area contributed by atoms with Crippen molar-refractivity contribution in [3.63, 3.8) is 0 Å². The summed E-state index contributed by atoms with van der Waals surface area (Å²) in [5.41, 5.74) is 1.69. The molecule has 0 aromatic heterocycles. The molecule has 0 atom stereocenters. The molecule has 1 heterocycles. The fourth-order valence-electron chi connectivity index (χ4n) is 3.26. The van der Waals surface area contributed by atoms with Crippen LogP contribution in [0.3, 0.4) is 0 Å². The summed E-state index contributed by atoms with van der Waals surface area (Å²) in [5, 5.41) is 4.94. The third-order valence-corrected chi connectivity index (χ3v) is 6.40. The lowest BCUT2D eigenvalue weighted by Crippen LogP contribution is -2.25. The van der Waals surface area contributed by atoms with Gasteiger partial charge in [-0.2, -0.15) is 0 Å². The van der Waals surface area contributed by atoms with Crippen molar-refractivity contribution in [2.24, 2.45) is 0 Å². The second-order valence-electron chi connectivity index (χ2n) is 6.27. The van der Waals surface area contributed by atoms with Crippen LogP contribution in [-0.2, 0) is 10.0 Å². The highest BCUT2D eigenvalue weighted by atomic mass is 32.2. The van der Waals surface area contributed by atoms with Gasteiger partial charge in [-0.25, -0.2) is 8.42 Å². The van der Waals surface area contributed by atoms with E-state index in [4.69, 9.17) is 0 Å². The number of carbonyl (C=O) groups excluding carboxylic acids is 1. The summed E-state index contributed by atoms with van der Waals surface area (Å²) in [6, 6.07) is 20.3. The SMILES string of the molecule is O=C(Nc1cccc2ccccc12)c1cccc(N2CCCS2(=O)=O)c1. The molecule has 1 fully saturated rings. The van der Waals surface area contributed by atoms with E-state index >= 15 is 0 Å². The lowest BCUT2D eigenvalue weighted by Gasteiger charge is -2.17. The number of carbonyl (C=O) groups is 1. The number of benzene rings is 3. The van der Waals surface area contributed by atoms with E-state index in [0.717, 1.165) is 16.5 Å². The van der Waals surface area contributed by atoms with Gasteiger partial charge in [0.05, 0.1) is 11.4 Å². The Balaban J connectivity index is 1.64. The van der Waals surface area contributed by atoms with E-state index in [1.807, 2.05) is 42.5 Å². The molecule has 0 spiro atoms. The average Bonchev–Trinajstić information content (AvgIpc) is 3.01. The van der Waals surface area contributed by atoms with E-state index in [1.165, 1.54) is 4.31 Å². The Bertz CT molecular complexity index is 1090. The minimum absolute atomic E-state index is 0.152. The van der Waals surface area contributed by atoms with Crippen LogP contribution in [0.5, 0.6) is 0 Å². The summed E-state index contributed by atoms with van der Waals surface area (Å²) in [5.74, 6) is -0.112. The Kier molecular flexibility index (Phi) is 4.12. The predicted octanol–water partition coefficient (Wildman–Crippen LogP) is 3.63. The van der Waals surface area contributed by atoms with Crippen molar-refractivity contribution < 1.29 is 13.2 Å². The van der Waals surface area contributed by atoms with Crippen LogP contribution in [-0.4, -0.2) is 26.6 Å². The number of sulfonamides is 1. The van der Waals surface area contributed by atoms with Crippen LogP contribution in [0.4, 0.5) is 11.4 Å². The normalized spacial score (nSPS) is 15.9. The highest BCUT2D eigenvalue weighted by Gasteiger charge is 2.28. The van der Waals surface area contributed by atoms with Gasteiger partial charge < -0.3 is 5.32 Å². The van der Waals surface area contributed by atoms with Crippen LogP contribution in [0, 0.1) is 0 Å². The smallest absolute Gasteiger partial charge is 0.255 e. The molecule has 0 saturated carbocycles. The van der Waals surface area contributed by atoms with Crippen molar-refractivity contribution in [1.82, 2.24) is 0 Å². The average molecular weight is 366 g/mol. The first-order chi connectivity index (χ1) is 12.5. The molecule has 0 aliphatic carbocycles. The van der Waals surface area contributed by atoms with E-state index in [-0.39, 0.29) is 11.7 Å². The Morgan fingerprint density at radius 3 is 2.54 bits per heavy atom. The molecular weight excluding hydrogens is 348 g/mol. The lowest BCUT2D eigenvalue weighted by atomic mass is 10.1. The Morgan fingerprint density at radius 1 is 0.962 bits per heavy atom. The van der Waals surface area contributed by atoms with Gasteiger partial charge in [0, 0.05) is 23.2 Å². The number of amides is 1. The Labute approximate surface area is 152 Å². The number of anilines is 2. The number of hydrogen-bond donors (Lipinski definition) is 1. The van der Waals surface area contributed by atoms with Gasteiger partial charge in [-0.15, -0.1) is 0 Å². The molecule has 6 heteroatoms. The monoisotopic (exact) mass is 366 g/mol. The van der Waals surface area contributed by atoms with E-state index in [0.29, 0.717) is 24.2 Å². The molecule has 0 radical (unpaired) electrons. The highest BCUT2D eigenvalue weighted by molar-refractivity contribution is 7.93. The third-order valence-electron chi connectivity index (χ3n) is 4.53. The summed E-state index contributed by atoms with van der Waals surface area (Å²) in [6.45, 7) is 0.455. The molecule has 4 rings (SSSR count). The number of nitrogens with zero attached hydrogens (tertiary/aromatic N) is 1. The molecule has 1 N–H and O–H groups in total. The quantitative estimate of drug-likeness (QED) is 0.770. The van der Waals surface area contributed by atoms with Crippen LogP contribution >= 0.6 is 0 Å². The molecule has 1 aliphatic heterocycles. The van der Waals surface area contributed by atoms with Gasteiger partial charge in [0.25, 0.3) is 5.91 Å². The summed E-state index contributed by atoms with van der Waals surface area (Å²) in [6.07, 6.45) is 0.606. The van der Waals surface area contributed by atoms with Gasteiger partial charge in [0.15, 0.2) is 0 Å². The lowest BCUT2D eigenvalue weighted by molar-refractivity contribution is 0.102. The summed E-state index contributed by atoms with van der Waals surface area (Å²) in [4.78, 5) is 12.7. The summed E-state index contributed by atoms with van der Waals surface area (Å²) >= 11 is 0. The maximum atomic E-state index is 12.7. The zero-order valence-electron chi connectivity index (χ0n) is 14.1. The number of fused-ring (bicyclic) bond motifs is 1. The molecule has 5 nitrogen and oxygen atoms in total. The predicted molar refractivity (Wildman–Crippen MR) is 104 cm³/mol.